The highest BCUT2D eigenvalue weighted by Crippen LogP contribution is 2.27. The van der Waals surface area contributed by atoms with Gasteiger partial charge in [-0.05, 0) is 42.8 Å². The lowest BCUT2D eigenvalue weighted by Crippen LogP contribution is -2.44. The third-order valence-corrected chi connectivity index (χ3v) is 4.62. The predicted molar refractivity (Wildman–Crippen MR) is 104 cm³/mol. The van der Waals surface area contributed by atoms with Crippen LogP contribution in [-0.2, 0) is 25.7 Å². The lowest BCUT2D eigenvalue weighted by molar-refractivity contribution is -0.137. The van der Waals surface area contributed by atoms with Crippen LogP contribution in [0.1, 0.15) is 36.2 Å². The molecule has 2 aromatic rings. The highest BCUT2D eigenvalue weighted by Gasteiger charge is 2.43. The van der Waals surface area contributed by atoms with Crippen LogP contribution in [0.15, 0.2) is 48.8 Å². The Kier molecular flexibility index (Phi) is 6.01. The Morgan fingerprint density at radius 2 is 1.93 bits per heavy atom. The zero-order valence-electron chi connectivity index (χ0n) is 16.2. The average molecular weight is 395 g/mol. The molecule has 0 saturated carbocycles. The smallest absolute Gasteiger partial charge is 0.338 e. The Morgan fingerprint density at radius 1 is 1.21 bits per heavy atom. The summed E-state index contributed by atoms with van der Waals surface area (Å²) >= 11 is 0. The Bertz CT molecular complexity index is 927. The van der Waals surface area contributed by atoms with Crippen LogP contribution in [0.4, 0.5) is 5.69 Å². The van der Waals surface area contributed by atoms with Gasteiger partial charge < -0.3 is 9.64 Å². The largest absolute Gasteiger partial charge is 0.462 e. The van der Waals surface area contributed by atoms with Crippen LogP contribution in [0.3, 0.4) is 0 Å². The SMILES string of the molecule is CCOC(=O)c1ccc(N2C(=O)CC(N(Cc3cccnc3)C(C)=O)C2=O)cc1. The lowest BCUT2D eigenvalue weighted by Gasteiger charge is -2.26. The van der Waals surface area contributed by atoms with Crippen LogP contribution >= 0.6 is 0 Å². The van der Waals surface area contributed by atoms with E-state index in [4.69, 9.17) is 4.74 Å². The van der Waals surface area contributed by atoms with Gasteiger partial charge in [0.1, 0.15) is 6.04 Å². The van der Waals surface area contributed by atoms with Gasteiger partial charge in [0.25, 0.3) is 5.91 Å². The van der Waals surface area contributed by atoms with Crippen molar-refractivity contribution in [3.63, 3.8) is 0 Å². The Morgan fingerprint density at radius 3 is 2.52 bits per heavy atom. The molecular weight excluding hydrogens is 374 g/mol. The van der Waals surface area contributed by atoms with E-state index in [0.717, 1.165) is 10.5 Å². The molecule has 0 spiro atoms. The first-order valence-corrected chi connectivity index (χ1v) is 9.22. The molecule has 0 aliphatic carbocycles. The molecule has 1 fully saturated rings. The van der Waals surface area contributed by atoms with E-state index < -0.39 is 23.8 Å². The van der Waals surface area contributed by atoms with Crippen LogP contribution < -0.4 is 4.90 Å². The fourth-order valence-corrected chi connectivity index (χ4v) is 3.22. The monoisotopic (exact) mass is 395 g/mol. The molecule has 150 valence electrons. The molecule has 3 rings (SSSR count). The molecule has 1 saturated heterocycles. The molecule has 1 aliphatic heterocycles. The minimum absolute atomic E-state index is 0.0989. The fourth-order valence-electron chi connectivity index (χ4n) is 3.22. The highest BCUT2D eigenvalue weighted by atomic mass is 16.5. The molecule has 1 unspecified atom stereocenters. The molecule has 1 aromatic heterocycles. The maximum atomic E-state index is 13.0. The zero-order valence-corrected chi connectivity index (χ0v) is 16.2. The van der Waals surface area contributed by atoms with E-state index in [1.807, 2.05) is 0 Å². The molecule has 1 aliphatic rings. The molecule has 0 radical (unpaired) electrons. The van der Waals surface area contributed by atoms with Gasteiger partial charge in [-0.3, -0.25) is 19.4 Å². The second kappa shape index (κ2) is 8.64. The molecule has 1 aromatic carbocycles. The molecule has 29 heavy (non-hydrogen) atoms. The van der Waals surface area contributed by atoms with Crippen molar-refractivity contribution in [2.75, 3.05) is 11.5 Å². The molecular formula is C21H21N3O5. The summed E-state index contributed by atoms with van der Waals surface area (Å²) in [4.78, 5) is 55.9. The van der Waals surface area contributed by atoms with Crippen molar-refractivity contribution >= 4 is 29.4 Å². The summed E-state index contributed by atoms with van der Waals surface area (Å²) in [6.07, 6.45) is 3.13. The molecule has 0 N–H and O–H groups in total. The van der Waals surface area contributed by atoms with E-state index in [2.05, 4.69) is 4.98 Å². The van der Waals surface area contributed by atoms with Crippen molar-refractivity contribution in [2.24, 2.45) is 0 Å². The number of anilines is 1. The van der Waals surface area contributed by atoms with Gasteiger partial charge in [0, 0.05) is 25.9 Å². The van der Waals surface area contributed by atoms with Gasteiger partial charge >= 0.3 is 5.97 Å². The zero-order chi connectivity index (χ0) is 21.0. The van der Waals surface area contributed by atoms with Gasteiger partial charge in [-0.15, -0.1) is 0 Å². The Hall–Kier alpha value is -3.55. The number of ether oxygens (including phenoxy) is 1. The highest BCUT2D eigenvalue weighted by molar-refractivity contribution is 6.23. The van der Waals surface area contributed by atoms with Crippen LogP contribution in [-0.4, -0.2) is 46.2 Å². The number of esters is 1. The average Bonchev–Trinajstić information content (AvgIpc) is 3.01. The maximum Gasteiger partial charge on any atom is 0.338 e. The number of imide groups is 1. The van der Waals surface area contributed by atoms with Gasteiger partial charge in [0.2, 0.25) is 11.8 Å². The number of aromatic nitrogens is 1. The number of rotatable bonds is 6. The summed E-state index contributed by atoms with van der Waals surface area (Å²) < 4.78 is 4.93. The van der Waals surface area contributed by atoms with Crippen LogP contribution in [0.2, 0.25) is 0 Å². The third kappa shape index (κ3) is 4.31. The van der Waals surface area contributed by atoms with E-state index in [1.54, 1.807) is 31.5 Å². The van der Waals surface area contributed by atoms with E-state index in [9.17, 15) is 19.2 Å². The molecule has 2 heterocycles. The quantitative estimate of drug-likeness (QED) is 0.548. The van der Waals surface area contributed by atoms with E-state index in [-0.39, 0.29) is 25.5 Å². The second-order valence-corrected chi connectivity index (χ2v) is 6.56. The van der Waals surface area contributed by atoms with E-state index in [1.165, 1.54) is 36.1 Å². The number of carbonyl (C=O) groups excluding carboxylic acids is 4. The van der Waals surface area contributed by atoms with Gasteiger partial charge in [-0.1, -0.05) is 6.07 Å². The Balaban J connectivity index is 1.81. The van der Waals surface area contributed by atoms with Crippen molar-refractivity contribution in [2.45, 2.75) is 32.9 Å². The van der Waals surface area contributed by atoms with Crippen molar-refractivity contribution in [3.05, 3.63) is 59.9 Å². The molecule has 8 heteroatoms. The predicted octanol–water partition coefficient (Wildman–Crippen LogP) is 1.94. The number of benzene rings is 1. The first kappa shape index (κ1) is 20.2. The van der Waals surface area contributed by atoms with Gasteiger partial charge in [0.05, 0.1) is 24.3 Å². The maximum absolute atomic E-state index is 13.0. The number of nitrogens with zero attached hydrogens (tertiary/aromatic N) is 3. The second-order valence-electron chi connectivity index (χ2n) is 6.56. The fraction of sp³-hybridized carbons (Fsp3) is 0.286. The molecule has 1 atom stereocenters. The number of carbonyl (C=O) groups is 4. The van der Waals surface area contributed by atoms with E-state index in [0.29, 0.717) is 11.3 Å². The van der Waals surface area contributed by atoms with Gasteiger partial charge in [0.15, 0.2) is 0 Å². The number of pyridine rings is 1. The van der Waals surface area contributed by atoms with Crippen LogP contribution in [0.25, 0.3) is 0 Å². The standard InChI is InChI=1S/C21H21N3O5/c1-3-29-21(28)16-6-8-17(9-7-16)24-19(26)11-18(20(24)27)23(14(2)25)13-15-5-4-10-22-12-15/h4-10,12,18H,3,11,13H2,1-2H3. The van der Waals surface area contributed by atoms with Crippen molar-refractivity contribution in [1.82, 2.24) is 9.88 Å². The summed E-state index contributed by atoms with van der Waals surface area (Å²) in [5.41, 5.74) is 1.44. The summed E-state index contributed by atoms with van der Waals surface area (Å²) in [5, 5.41) is 0. The first-order chi connectivity index (χ1) is 13.9. The molecule has 8 nitrogen and oxygen atoms in total. The third-order valence-electron chi connectivity index (χ3n) is 4.62. The van der Waals surface area contributed by atoms with E-state index >= 15 is 0 Å². The number of hydrogen-bond donors (Lipinski definition) is 0. The number of amides is 3. The summed E-state index contributed by atoms with van der Waals surface area (Å²) in [7, 11) is 0. The van der Waals surface area contributed by atoms with Gasteiger partial charge in [-0.2, -0.15) is 0 Å². The minimum Gasteiger partial charge on any atom is -0.462 e. The lowest BCUT2D eigenvalue weighted by atomic mass is 10.1. The van der Waals surface area contributed by atoms with Crippen molar-refractivity contribution in [1.29, 1.82) is 0 Å². The molecule has 3 amide bonds. The summed E-state index contributed by atoms with van der Waals surface area (Å²) in [6, 6.07) is 8.69. The van der Waals surface area contributed by atoms with Crippen molar-refractivity contribution < 1.29 is 23.9 Å². The van der Waals surface area contributed by atoms with Gasteiger partial charge in [-0.25, -0.2) is 9.69 Å². The summed E-state index contributed by atoms with van der Waals surface area (Å²) in [5.74, 6) is -1.66. The van der Waals surface area contributed by atoms with Crippen molar-refractivity contribution in [3.8, 4) is 0 Å². The topological polar surface area (TPSA) is 96.9 Å². The molecule has 0 bridgehead atoms. The normalized spacial score (nSPS) is 16.1. The Labute approximate surface area is 168 Å². The van der Waals surface area contributed by atoms with Crippen LogP contribution in [0.5, 0.6) is 0 Å². The number of hydrogen-bond acceptors (Lipinski definition) is 6. The van der Waals surface area contributed by atoms with Crippen LogP contribution in [0, 0.1) is 0 Å². The minimum atomic E-state index is -0.884. The summed E-state index contributed by atoms with van der Waals surface area (Å²) in [6.45, 7) is 3.51. The first-order valence-electron chi connectivity index (χ1n) is 9.22.